The van der Waals surface area contributed by atoms with E-state index >= 15 is 0 Å². The molecule has 0 bridgehead atoms. The molecule has 1 aliphatic rings. The number of anilines is 1. The molecule has 3 aromatic carbocycles. The number of carboxylic acid groups (broad SMARTS) is 1. The summed E-state index contributed by atoms with van der Waals surface area (Å²) >= 11 is 6.34. The number of carboxylic acids is 1. The Morgan fingerprint density at radius 2 is 1.89 bits per heavy atom. The summed E-state index contributed by atoms with van der Waals surface area (Å²) in [6.07, 6.45) is -2.82. The van der Waals surface area contributed by atoms with Gasteiger partial charge in [0, 0.05) is 22.2 Å². The molecule has 0 unspecified atom stereocenters. The second-order valence-corrected chi connectivity index (χ2v) is 8.80. The topological polar surface area (TPSA) is 85.3 Å². The number of methoxy groups -OCH3 is 2. The van der Waals surface area contributed by atoms with Gasteiger partial charge in [0.25, 0.3) is 5.91 Å². The van der Waals surface area contributed by atoms with Gasteiger partial charge in [0.1, 0.15) is 29.5 Å². The van der Waals surface area contributed by atoms with E-state index in [1.807, 2.05) is 0 Å². The first-order valence-electron chi connectivity index (χ1n) is 11.2. The Kier molecular flexibility index (Phi) is 7.47. The van der Waals surface area contributed by atoms with E-state index in [0.29, 0.717) is 44.5 Å². The summed E-state index contributed by atoms with van der Waals surface area (Å²) in [4.78, 5) is 26.9. The average Bonchev–Trinajstić information content (AvgIpc) is 2.96. The molecule has 0 radical (unpaired) electrons. The molecule has 1 N–H and O–H groups in total. The van der Waals surface area contributed by atoms with Crippen molar-refractivity contribution in [2.24, 2.45) is 0 Å². The number of aliphatic carboxylic acids is 1. The predicted molar refractivity (Wildman–Crippen MR) is 132 cm³/mol. The standard InChI is InChI=1S/C27H25ClFNO6/c1-15-19(5-4-6-21(15)29)26-20-11-17(28)8-10-22(20)30(27(33)24(36-26)13-25(31)32)14-16-7-9-18(34-2)12-23(16)35-3/h4-12,24,26H,13-14H2,1-3H3,(H,31,32)/t24-,26-/m1/s1. The van der Waals surface area contributed by atoms with Crippen LogP contribution in [0.1, 0.15) is 34.8 Å². The van der Waals surface area contributed by atoms with Gasteiger partial charge in [0.2, 0.25) is 0 Å². The largest absolute Gasteiger partial charge is 0.497 e. The average molecular weight is 514 g/mol. The number of hydrogen-bond acceptors (Lipinski definition) is 5. The van der Waals surface area contributed by atoms with Crippen molar-refractivity contribution in [1.29, 1.82) is 0 Å². The molecule has 3 aromatic rings. The summed E-state index contributed by atoms with van der Waals surface area (Å²) in [6, 6.07) is 14.8. The maximum atomic E-state index is 14.5. The molecule has 0 aromatic heterocycles. The molecule has 0 saturated carbocycles. The lowest BCUT2D eigenvalue weighted by molar-refractivity contribution is -0.147. The van der Waals surface area contributed by atoms with Crippen LogP contribution in [0.3, 0.4) is 0 Å². The lowest BCUT2D eigenvalue weighted by Crippen LogP contribution is -2.40. The van der Waals surface area contributed by atoms with Crippen LogP contribution in [0.2, 0.25) is 5.02 Å². The van der Waals surface area contributed by atoms with Crippen LogP contribution in [0.25, 0.3) is 0 Å². The van der Waals surface area contributed by atoms with Crippen molar-refractivity contribution in [2.45, 2.75) is 32.1 Å². The van der Waals surface area contributed by atoms with Crippen LogP contribution in [-0.2, 0) is 20.9 Å². The van der Waals surface area contributed by atoms with E-state index in [9.17, 15) is 19.1 Å². The van der Waals surface area contributed by atoms with Gasteiger partial charge in [-0.25, -0.2) is 4.39 Å². The van der Waals surface area contributed by atoms with Gasteiger partial charge in [-0.2, -0.15) is 0 Å². The van der Waals surface area contributed by atoms with E-state index in [0.717, 1.165) is 0 Å². The molecular formula is C27H25ClFNO6. The highest BCUT2D eigenvalue weighted by molar-refractivity contribution is 6.30. The number of nitrogens with zero attached hydrogens (tertiary/aromatic N) is 1. The van der Waals surface area contributed by atoms with Crippen molar-refractivity contribution >= 4 is 29.2 Å². The summed E-state index contributed by atoms with van der Waals surface area (Å²) in [5.41, 5.74) is 2.47. The van der Waals surface area contributed by atoms with Crippen molar-refractivity contribution in [3.63, 3.8) is 0 Å². The molecule has 1 aliphatic heterocycles. The van der Waals surface area contributed by atoms with Gasteiger partial charge in [-0.1, -0.05) is 23.7 Å². The molecule has 188 valence electrons. The van der Waals surface area contributed by atoms with Gasteiger partial charge in [-0.05, 0) is 54.4 Å². The molecule has 0 saturated heterocycles. The fraction of sp³-hybridized carbons (Fsp3) is 0.259. The van der Waals surface area contributed by atoms with Crippen LogP contribution in [-0.4, -0.2) is 37.3 Å². The quantitative estimate of drug-likeness (QED) is 0.461. The Morgan fingerprint density at radius 1 is 1.11 bits per heavy atom. The number of halogens is 2. The first kappa shape index (κ1) is 25.5. The molecule has 7 nitrogen and oxygen atoms in total. The molecule has 36 heavy (non-hydrogen) atoms. The number of fused-ring (bicyclic) bond motifs is 1. The maximum absolute atomic E-state index is 14.5. The first-order valence-corrected chi connectivity index (χ1v) is 11.5. The Balaban J connectivity index is 1.89. The van der Waals surface area contributed by atoms with E-state index in [4.69, 9.17) is 25.8 Å². The van der Waals surface area contributed by atoms with Crippen LogP contribution in [0.4, 0.5) is 10.1 Å². The lowest BCUT2D eigenvalue weighted by atomic mass is 9.95. The SMILES string of the molecule is COc1ccc(CN2C(=O)[C@@H](CC(=O)O)O[C@H](c3cccc(F)c3C)c3cc(Cl)ccc32)c(OC)c1. The Labute approximate surface area is 213 Å². The first-order chi connectivity index (χ1) is 17.2. The van der Waals surface area contributed by atoms with Crippen molar-refractivity contribution in [3.05, 3.63) is 87.7 Å². The smallest absolute Gasteiger partial charge is 0.306 e. The normalized spacial score (nSPS) is 17.4. The summed E-state index contributed by atoms with van der Waals surface area (Å²) in [5.74, 6) is -1.11. The molecule has 1 amide bonds. The molecular weight excluding hydrogens is 489 g/mol. The van der Waals surface area contributed by atoms with E-state index in [-0.39, 0.29) is 6.54 Å². The molecule has 0 fully saturated rings. The molecule has 2 atom stereocenters. The van der Waals surface area contributed by atoms with Gasteiger partial charge < -0.3 is 24.2 Å². The molecule has 1 heterocycles. The minimum Gasteiger partial charge on any atom is -0.497 e. The molecule has 4 rings (SSSR count). The number of carbonyl (C=O) groups excluding carboxylic acids is 1. The molecule has 0 aliphatic carbocycles. The maximum Gasteiger partial charge on any atom is 0.306 e. The van der Waals surface area contributed by atoms with Gasteiger partial charge in [0.15, 0.2) is 0 Å². The summed E-state index contributed by atoms with van der Waals surface area (Å²) < 4.78 is 31.4. The van der Waals surface area contributed by atoms with Crippen LogP contribution in [0, 0.1) is 12.7 Å². The number of benzene rings is 3. The fourth-order valence-corrected chi connectivity index (χ4v) is 4.51. The van der Waals surface area contributed by atoms with Gasteiger partial charge in [0.05, 0.1) is 32.9 Å². The zero-order chi connectivity index (χ0) is 26.0. The van der Waals surface area contributed by atoms with E-state index < -0.39 is 36.3 Å². The number of carbonyl (C=O) groups is 2. The Hall–Kier alpha value is -3.62. The van der Waals surface area contributed by atoms with Crippen LogP contribution in [0.5, 0.6) is 11.5 Å². The lowest BCUT2D eigenvalue weighted by Gasteiger charge is -2.26. The van der Waals surface area contributed by atoms with E-state index in [2.05, 4.69) is 0 Å². The Morgan fingerprint density at radius 3 is 2.58 bits per heavy atom. The van der Waals surface area contributed by atoms with E-state index in [1.165, 1.54) is 25.2 Å². The van der Waals surface area contributed by atoms with Crippen molar-refractivity contribution in [3.8, 4) is 11.5 Å². The third-order valence-electron chi connectivity index (χ3n) is 6.18. The van der Waals surface area contributed by atoms with Gasteiger partial charge in [-0.3, -0.25) is 9.59 Å². The second-order valence-electron chi connectivity index (χ2n) is 8.36. The highest BCUT2D eigenvalue weighted by atomic mass is 35.5. The van der Waals surface area contributed by atoms with Gasteiger partial charge >= 0.3 is 5.97 Å². The van der Waals surface area contributed by atoms with Gasteiger partial charge in [-0.15, -0.1) is 0 Å². The van der Waals surface area contributed by atoms with Crippen LogP contribution >= 0.6 is 11.6 Å². The third kappa shape index (κ3) is 5.01. The number of rotatable bonds is 7. The van der Waals surface area contributed by atoms with Crippen LogP contribution < -0.4 is 14.4 Å². The summed E-state index contributed by atoms with van der Waals surface area (Å²) in [6.45, 7) is 1.67. The van der Waals surface area contributed by atoms with Crippen molar-refractivity contribution in [2.75, 3.05) is 19.1 Å². The van der Waals surface area contributed by atoms with Crippen molar-refractivity contribution in [1.82, 2.24) is 0 Å². The zero-order valence-corrected chi connectivity index (χ0v) is 20.7. The minimum absolute atomic E-state index is 0.0644. The third-order valence-corrected chi connectivity index (χ3v) is 6.41. The fourth-order valence-electron chi connectivity index (χ4n) is 4.33. The second kappa shape index (κ2) is 10.6. The monoisotopic (exact) mass is 513 g/mol. The minimum atomic E-state index is -1.33. The molecule has 0 spiro atoms. The van der Waals surface area contributed by atoms with E-state index in [1.54, 1.807) is 55.5 Å². The predicted octanol–water partition coefficient (Wildman–Crippen LogP) is 5.30. The van der Waals surface area contributed by atoms with Crippen LogP contribution in [0.15, 0.2) is 54.6 Å². The number of ether oxygens (including phenoxy) is 3. The summed E-state index contributed by atoms with van der Waals surface area (Å²) in [7, 11) is 3.05. The zero-order valence-electron chi connectivity index (χ0n) is 20.0. The Bertz CT molecular complexity index is 1310. The van der Waals surface area contributed by atoms with Crippen molar-refractivity contribution < 1.29 is 33.3 Å². The molecule has 9 heteroatoms. The number of amides is 1. The summed E-state index contributed by atoms with van der Waals surface area (Å²) in [5, 5.41) is 9.93. The number of hydrogen-bond donors (Lipinski definition) is 1. The highest BCUT2D eigenvalue weighted by Gasteiger charge is 2.38. The highest BCUT2D eigenvalue weighted by Crippen LogP contribution is 2.42.